The van der Waals surface area contributed by atoms with Crippen molar-refractivity contribution in [2.75, 3.05) is 14.1 Å². The standard InChI is InChI=1S/C8H15N3/c1-6(9)8(5-10-3)7(2)11-4/h5,11H,1,9H2,2-4H3/b8-7-,10-5?. The first kappa shape index (κ1) is 9.75. The molecule has 0 aromatic heterocycles. The van der Waals surface area contributed by atoms with Gasteiger partial charge in [-0.05, 0) is 6.92 Å². The van der Waals surface area contributed by atoms with Crippen molar-refractivity contribution >= 4 is 6.21 Å². The SMILES string of the molecule is C=C(N)/C(C=NC)=C(/C)NC. The first-order valence-corrected chi connectivity index (χ1v) is 3.39. The summed E-state index contributed by atoms with van der Waals surface area (Å²) in [5.74, 6) is 0. The minimum Gasteiger partial charge on any atom is -0.399 e. The molecule has 0 saturated heterocycles. The monoisotopic (exact) mass is 153 g/mol. The molecule has 0 amide bonds. The normalized spacial score (nSPS) is 13.0. The van der Waals surface area contributed by atoms with Gasteiger partial charge in [-0.25, -0.2) is 0 Å². The second kappa shape index (κ2) is 4.55. The Balaban J connectivity index is 4.72. The lowest BCUT2D eigenvalue weighted by atomic mass is 10.2. The average molecular weight is 153 g/mol. The minimum atomic E-state index is 0.530. The number of hydrogen-bond acceptors (Lipinski definition) is 3. The Hall–Kier alpha value is -1.25. The van der Waals surface area contributed by atoms with Crippen molar-refractivity contribution in [1.29, 1.82) is 0 Å². The van der Waals surface area contributed by atoms with E-state index in [1.807, 2.05) is 14.0 Å². The van der Waals surface area contributed by atoms with Crippen molar-refractivity contribution in [3.05, 3.63) is 23.5 Å². The predicted molar refractivity (Wildman–Crippen MR) is 49.5 cm³/mol. The molecule has 0 aromatic rings. The average Bonchev–Trinajstić information content (AvgIpc) is 1.98. The molecule has 0 aromatic carbocycles. The summed E-state index contributed by atoms with van der Waals surface area (Å²) in [6.45, 7) is 5.56. The third-order valence-corrected chi connectivity index (χ3v) is 1.38. The fraction of sp³-hybridized carbons (Fsp3) is 0.375. The van der Waals surface area contributed by atoms with Crippen LogP contribution < -0.4 is 11.1 Å². The topological polar surface area (TPSA) is 50.4 Å². The van der Waals surface area contributed by atoms with Crippen LogP contribution in [-0.2, 0) is 0 Å². The van der Waals surface area contributed by atoms with Crippen LogP contribution in [0.3, 0.4) is 0 Å². The van der Waals surface area contributed by atoms with Gasteiger partial charge in [-0.3, -0.25) is 4.99 Å². The van der Waals surface area contributed by atoms with Gasteiger partial charge in [0.25, 0.3) is 0 Å². The number of allylic oxidation sites excluding steroid dienone is 2. The summed E-state index contributed by atoms with van der Waals surface area (Å²) >= 11 is 0. The van der Waals surface area contributed by atoms with Gasteiger partial charge in [-0.1, -0.05) is 6.58 Å². The molecular weight excluding hydrogens is 138 g/mol. The zero-order valence-electron chi connectivity index (χ0n) is 7.31. The molecule has 0 aliphatic heterocycles. The number of hydrogen-bond donors (Lipinski definition) is 2. The summed E-state index contributed by atoms with van der Waals surface area (Å²) in [5.41, 5.74) is 7.88. The quantitative estimate of drug-likeness (QED) is 0.462. The summed E-state index contributed by atoms with van der Waals surface area (Å²) in [5, 5.41) is 2.98. The molecule has 0 bridgehead atoms. The van der Waals surface area contributed by atoms with E-state index in [4.69, 9.17) is 5.73 Å². The van der Waals surface area contributed by atoms with Crippen LogP contribution in [0.25, 0.3) is 0 Å². The van der Waals surface area contributed by atoms with Gasteiger partial charge in [0.1, 0.15) is 0 Å². The molecule has 0 unspecified atom stereocenters. The third kappa shape index (κ3) is 2.89. The summed E-state index contributed by atoms with van der Waals surface area (Å²) in [7, 11) is 3.54. The van der Waals surface area contributed by atoms with Gasteiger partial charge in [-0.2, -0.15) is 0 Å². The van der Waals surface area contributed by atoms with Crippen LogP contribution >= 0.6 is 0 Å². The number of rotatable bonds is 3. The lowest BCUT2D eigenvalue weighted by Gasteiger charge is -2.05. The van der Waals surface area contributed by atoms with Crippen molar-refractivity contribution in [3.8, 4) is 0 Å². The van der Waals surface area contributed by atoms with Gasteiger partial charge in [-0.15, -0.1) is 0 Å². The lowest BCUT2D eigenvalue weighted by molar-refractivity contribution is 0.976. The van der Waals surface area contributed by atoms with E-state index >= 15 is 0 Å². The van der Waals surface area contributed by atoms with Crippen LogP contribution in [0.5, 0.6) is 0 Å². The fourth-order valence-corrected chi connectivity index (χ4v) is 0.684. The molecule has 3 nitrogen and oxygen atoms in total. The molecule has 3 N–H and O–H groups in total. The number of nitrogens with one attached hydrogen (secondary N) is 1. The summed E-state index contributed by atoms with van der Waals surface area (Å²) in [6.07, 6.45) is 1.69. The molecule has 0 aliphatic rings. The van der Waals surface area contributed by atoms with Crippen molar-refractivity contribution < 1.29 is 0 Å². The van der Waals surface area contributed by atoms with Gasteiger partial charge in [0.15, 0.2) is 0 Å². The molecule has 0 saturated carbocycles. The second-order valence-electron chi connectivity index (χ2n) is 2.20. The molecule has 0 atom stereocenters. The van der Waals surface area contributed by atoms with E-state index in [-0.39, 0.29) is 0 Å². The molecule has 0 spiro atoms. The van der Waals surface area contributed by atoms with E-state index in [1.165, 1.54) is 0 Å². The Labute approximate surface area is 67.7 Å². The van der Waals surface area contributed by atoms with E-state index in [2.05, 4.69) is 16.9 Å². The van der Waals surface area contributed by atoms with Crippen molar-refractivity contribution in [1.82, 2.24) is 5.32 Å². The maximum Gasteiger partial charge on any atom is 0.0347 e. The lowest BCUT2D eigenvalue weighted by Crippen LogP contribution is -2.11. The van der Waals surface area contributed by atoms with E-state index < -0.39 is 0 Å². The maximum absolute atomic E-state index is 5.52. The third-order valence-electron chi connectivity index (χ3n) is 1.38. The van der Waals surface area contributed by atoms with E-state index in [9.17, 15) is 0 Å². The van der Waals surface area contributed by atoms with Gasteiger partial charge >= 0.3 is 0 Å². The Morgan fingerprint density at radius 2 is 2.18 bits per heavy atom. The largest absolute Gasteiger partial charge is 0.399 e. The maximum atomic E-state index is 5.52. The van der Waals surface area contributed by atoms with Crippen LogP contribution in [0.2, 0.25) is 0 Å². The van der Waals surface area contributed by atoms with Gasteiger partial charge in [0, 0.05) is 37.3 Å². The van der Waals surface area contributed by atoms with Gasteiger partial charge < -0.3 is 11.1 Å². The molecule has 62 valence electrons. The zero-order chi connectivity index (χ0) is 8.85. The summed E-state index contributed by atoms with van der Waals surface area (Å²) in [4.78, 5) is 3.86. The second-order valence-corrected chi connectivity index (χ2v) is 2.20. The van der Waals surface area contributed by atoms with Crippen LogP contribution in [0.4, 0.5) is 0 Å². The smallest absolute Gasteiger partial charge is 0.0347 e. The molecule has 0 radical (unpaired) electrons. The van der Waals surface area contributed by atoms with E-state index in [0.29, 0.717) is 5.70 Å². The Kier molecular flexibility index (Phi) is 4.03. The Bertz CT molecular complexity index is 201. The molecule has 0 rings (SSSR count). The van der Waals surface area contributed by atoms with E-state index in [1.54, 1.807) is 13.3 Å². The molecule has 0 fully saturated rings. The van der Waals surface area contributed by atoms with E-state index in [0.717, 1.165) is 11.3 Å². The zero-order valence-corrected chi connectivity index (χ0v) is 7.31. The highest BCUT2D eigenvalue weighted by Crippen LogP contribution is 2.02. The predicted octanol–water partition coefficient (Wildman–Crippen LogP) is 0.653. The summed E-state index contributed by atoms with van der Waals surface area (Å²) in [6, 6.07) is 0. The highest BCUT2D eigenvalue weighted by Gasteiger charge is 1.98. The first-order valence-electron chi connectivity index (χ1n) is 3.39. The number of nitrogens with two attached hydrogens (primary N) is 1. The Morgan fingerprint density at radius 1 is 1.64 bits per heavy atom. The van der Waals surface area contributed by atoms with Crippen LogP contribution in [0, 0.1) is 0 Å². The molecule has 11 heavy (non-hydrogen) atoms. The van der Waals surface area contributed by atoms with Gasteiger partial charge in [0.2, 0.25) is 0 Å². The van der Waals surface area contributed by atoms with Crippen molar-refractivity contribution in [2.24, 2.45) is 10.7 Å². The van der Waals surface area contributed by atoms with Gasteiger partial charge in [0.05, 0.1) is 0 Å². The molecular formula is C8H15N3. The fourth-order valence-electron chi connectivity index (χ4n) is 0.684. The molecule has 0 heterocycles. The highest BCUT2D eigenvalue weighted by molar-refractivity contribution is 5.84. The summed E-state index contributed by atoms with van der Waals surface area (Å²) < 4.78 is 0. The van der Waals surface area contributed by atoms with Crippen LogP contribution in [-0.4, -0.2) is 20.3 Å². The Morgan fingerprint density at radius 3 is 2.45 bits per heavy atom. The highest BCUT2D eigenvalue weighted by atomic mass is 14.8. The van der Waals surface area contributed by atoms with Crippen LogP contribution in [0.15, 0.2) is 28.5 Å². The first-order chi connectivity index (χ1) is 5.13. The molecule has 3 heteroatoms. The number of nitrogens with zero attached hydrogens (tertiary/aromatic N) is 1. The minimum absolute atomic E-state index is 0.530. The van der Waals surface area contributed by atoms with Crippen LogP contribution in [0.1, 0.15) is 6.92 Å². The molecule has 0 aliphatic carbocycles. The number of aliphatic imine (C=N–C) groups is 1. The van der Waals surface area contributed by atoms with Crippen molar-refractivity contribution in [3.63, 3.8) is 0 Å². The van der Waals surface area contributed by atoms with Crippen molar-refractivity contribution in [2.45, 2.75) is 6.92 Å².